The fourth-order valence-corrected chi connectivity index (χ4v) is 2.29. The zero-order chi connectivity index (χ0) is 13.1. The zero-order valence-electron chi connectivity index (χ0n) is 11.1. The van der Waals surface area contributed by atoms with Crippen LogP contribution in [0.4, 0.5) is 0 Å². The first-order valence-electron chi connectivity index (χ1n) is 6.32. The number of methoxy groups -OCH3 is 1. The Labute approximate surface area is 107 Å². The zero-order valence-corrected chi connectivity index (χ0v) is 11.1. The van der Waals surface area contributed by atoms with Gasteiger partial charge in [-0.25, -0.2) is 4.98 Å². The second-order valence-electron chi connectivity index (χ2n) is 4.72. The van der Waals surface area contributed by atoms with Crippen molar-refractivity contribution in [3.05, 3.63) is 17.5 Å². The van der Waals surface area contributed by atoms with E-state index in [1.165, 1.54) is 13.5 Å². The topological polar surface area (TPSA) is 55.3 Å². The van der Waals surface area contributed by atoms with E-state index in [9.17, 15) is 4.79 Å². The Kier molecular flexibility index (Phi) is 3.79. The van der Waals surface area contributed by atoms with Crippen LogP contribution in [0.1, 0.15) is 42.4 Å². The molecular formula is C13H19N3O2. The van der Waals surface area contributed by atoms with E-state index in [1.54, 1.807) is 6.07 Å². The number of aryl methyl sites for hydroxylation is 1. The molecule has 1 aromatic rings. The number of hydrogen-bond acceptors (Lipinski definition) is 4. The van der Waals surface area contributed by atoms with E-state index in [0.717, 1.165) is 25.1 Å². The molecule has 2 heterocycles. The predicted molar refractivity (Wildman–Crippen MR) is 67.7 cm³/mol. The average molecular weight is 249 g/mol. The smallest absolute Gasteiger partial charge is 0.317 e. The SMILES string of the molecule is COc1nc(C)cc(C(=O)N2CCCC[C@@H]2C)n1. The Bertz CT molecular complexity index is 448. The summed E-state index contributed by atoms with van der Waals surface area (Å²) in [4.78, 5) is 22.5. The maximum absolute atomic E-state index is 12.4. The van der Waals surface area contributed by atoms with E-state index >= 15 is 0 Å². The molecule has 0 radical (unpaired) electrons. The maximum Gasteiger partial charge on any atom is 0.317 e. The van der Waals surface area contributed by atoms with E-state index in [-0.39, 0.29) is 18.0 Å². The van der Waals surface area contributed by atoms with E-state index in [2.05, 4.69) is 16.9 Å². The molecule has 0 N–H and O–H groups in total. The summed E-state index contributed by atoms with van der Waals surface area (Å²) in [5, 5.41) is 0. The van der Waals surface area contributed by atoms with Gasteiger partial charge in [-0.3, -0.25) is 4.79 Å². The standard InChI is InChI=1S/C13H19N3O2/c1-9-8-11(15-13(14-9)18-3)12(17)16-7-5-4-6-10(16)2/h8,10H,4-7H2,1-3H3/t10-/m0/s1. The maximum atomic E-state index is 12.4. The van der Waals surface area contributed by atoms with Gasteiger partial charge in [0.2, 0.25) is 0 Å². The quantitative estimate of drug-likeness (QED) is 0.802. The molecule has 1 fully saturated rings. The normalized spacial score (nSPS) is 19.7. The fourth-order valence-electron chi connectivity index (χ4n) is 2.29. The van der Waals surface area contributed by atoms with Gasteiger partial charge in [0.1, 0.15) is 5.69 Å². The third-order valence-corrected chi connectivity index (χ3v) is 3.30. The van der Waals surface area contributed by atoms with Gasteiger partial charge in [-0.15, -0.1) is 0 Å². The number of rotatable bonds is 2. The van der Waals surface area contributed by atoms with Crippen molar-refractivity contribution in [3.8, 4) is 6.01 Å². The third kappa shape index (κ3) is 2.60. The molecule has 0 saturated carbocycles. The summed E-state index contributed by atoms with van der Waals surface area (Å²) in [6, 6.07) is 2.25. The van der Waals surface area contributed by atoms with Crippen molar-refractivity contribution in [2.24, 2.45) is 0 Å². The second kappa shape index (κ2) is 5.33. The van der Waals surface area contributed by atoms with Crippen LogP contribution in [0, 0.1) is 6.92 Å². The summed E-state index contributed by atoms with van der Waals surface area (Å²) in [6.45, 7) is 4.73. The lowest BCUT2D eigenvalue weighted by Gasteiger charge is -2.33. The van der Waals surface area contributed by atoms with Gasteiger partial charge in [0.15, 0.2) is 0 Å². The first-order chi connectivity index (χ1) is 8.61. The Hall–Kier alpha value is -1.65. The summed E-state index contributed by atoms with van der Waals surface area (Å²) >= 11 is 0. The summed E-state index contributed by atoms with van der Waals surface area (Å²) in [7, 11) is 1.51. The minimum Gasteiger partial charge on any atom is -0.467 e. The number of piperidine rings is 1. The van der Waals surface area contributed by atoms with Gasteiger partial charge >= 0.3 is 6.01 Å². The van der Waals surface area contributed by atoms with Crippen molar-refractivity contribution >= 4 is 5.91 Å². The number of aromatic nitrogens is 2. The molecule has 98 valence electrons. The highest BCUT2D eigenvalue weighted by molar-refractivity contribution is 5.92. The summed E-state index contributed by atoms with van der Waals surface area (Å²) in [5.74, 6) is -0.0222. The van der Waals surface area contributed by atoms with E-state index in [4.69, 9.17) is 4.74 Å². The highest BCUT2D eigenvalue weighted by atomic mass is 16.5. The molecule has 18 heavy (non-hydrogen) atoms. The monoisotopic (exact) mass is 249 g/mol. The summed E-state index contributed by atoms with van der Waals surface area (Å²) in [5.41, 5.74) is 1.17. The lowest BCUT2D eigenvalue weighted by atomic mass is 10.0. The van der Waals surface area contributed by atoms with Crippen LogP contribution in [0.15, 0.2) is 6.07 Å². The second-order valence-corrected chi connectivity index (χ2v) is 4.72. The van der Waals surface area contributed by atoms with E-state index < -0.39 is 0 Å². The molecule has 1 aliphatic heterocycles. The number of carbonyl (C=O) groups excluding carboxylic acids is 1. The predicted octanol–water partition coefficient (Wildman–Crippen LogP) is 1.81. The van der Waals surface area contributed by atoms with Crippen LogP contribution in [-0.2, 0) is 0 Å². The van der Waals surface area contributed by atoms with E-state index in [0.29, 0.717) is 5.69 Å². The molecule has 0 unspecified atom stereocenters. The highest BCUT2D eigenvalue weighted by Gasteiger charge is 2.25. The summed E-state index contributed by atoms with van der Waals surface area (Å²) in [6.07, 6.45) is 3.32. The molecular weight excluding hydrogens is 230 g/mol. The van der Waals surface area contributed by atoms with Crippen LogP contribution in [0.2, 0.25) is 0 Å². The number of nitrogens with zero attached hydrogens (tertiary/aromatic N) is 3. The Morgan fingerprint density at radius 3 is 2.89 bits per heavy atom. The first kappa shape index (κ1) is 12.8. The van der Waals surface area contributed by atoms with Gasteiger partial charge in [-0.05, 0) is 39.2 Å². The largest absolute Gasteiger partial charge is 0.467 e. The van der Waals surface area contributed by atoms with Gasteiger partial charge in [0.25, 0.3) is 5.91 Å². The van der Waals surface area contributed by atoms with Gasteiger partial charge in [-0.1, -0.05) is 0 Å². The van der Waals surface area contributed by atoms with Crippen molar-refractivity contribution in [1.82, 2.24) is 14.9 Å². The van der Waals surface area contributed by atoms with Gasteiger partial charge in [0.05, 0.1) is 7.11 Å². The molecule has 0 aliphatic carbocycles. The average Bonchev–Trinajstić information content (AvgIpc) is 2.37. The number of hydrogen-bond donors (Lipinski definition) is 0. The minimum absolute atomic E-state index is 0.0222. The molecule has 1 atom stereocenters. The first-order valence-corrected chi connectivity index (χ1v) is 6.32. The van der Waals surface area contributed by atoms with Gasteiger partial charge in [0, 0.05) is 18.3 Å². The van der Waals surface area contributed by atoms with Crippen LogP contribution in [0.5, 0.6) is 6.01 Å². The molecule has 1 aliphatic rings. The lowest BCUT2D eigenvalue weighted by Crippen LogP contribution is -2.42. The number of amides is 1. The van der Waals surface area contributed by atoms with Gasteiger partial charge in [-0.2, -0.15) is 4.98 Å². The van der Waals surface area contributed by atoms with Crippen molar-refractivity contribution in [1.29, 1.82) is 0 Å². The Morgan fingerprint density at radius 2 is 2.22 bits per heavy atom. The van der Waals surface area contributed by atoms with E-state index in [1.807, 2.05) is 11.8 Å². The molecule has 1 saturated heterocycles. The molecule has 1 amide bonds. The Balaban J connectivity index is 2.24. The highest BCUT2D eigenvalue weighted by Crippen LogP contribution is 2.19. The molecule has 0 bridgehead atoms. The van der Waals surface area contributed by atoms with Crippen LogP contribution in [0.3, 0.4) is 0 Å². The third-order valence-electron chi connectivity index (χ3n) is 3.30. The van der Waals surface area contributed by atoms with Crippen LogP contribution >= 0.6 is 0 Å². The lowest BCUT2D eigenvalue weighted by molar-refractivity contribution is 0.0628. The fraction of sp³-hybridized carbons (Fsp3) is 0.615. The molecule has 2 rings (SSSR count). The van der Waals surface area contributed by atoms with Crippen LogP contribution in [-0.4, -0.2) is 40.5 Å². The number of likely N-dealkylation sites (tertiary alicyclic amines) is 1. The van der Waals surface area contributed by atoms with Crippen molar-refractivity contribution in [2.45, 2.75) is 39.2 Å². The van der Waals surface area contributed by atoms with Crippen molar-refractivity contribution in [3.63, 3.8) is 0 Å². The number of ether oxygens (including phenoxy) is 1. The number of carbonyl (C=O) groups is 1. The molecule has 5 heteroatoms. The molecule has 5 nitrogen and oxygen atoms in total. The van der Waals surface area contributed by atoms with Crippen molar-refractivity contribution in [2.75, 3.05) is 13.7 Å². The van der Waals surface area contributed by atoms with Crippen LogP contribution < -0.4 is 4.74 Å². The Morgan fingerprint density at radius 1 is 1.44 bits per heavy atom. The minimum atomic E-state index is -0.0222. The molecule has 0 aromatic carbocycles. The van der Waals surface area contributed by atoms with Gasteiger partial charge < -0.3 is 9.64 Å². The van der Waals surface area contributed by atoms with Crippen LogP contribution in [0.25, 0.3) is 0 Å². The molecule has 1 aromatic heterocycles. The van der Waals surface area contributed by atoms with Crippen molar-refractivity contribution < 1.29 is 9.53 Å². The molecule has 0 spiro atoms. The summed E-state index contributed by atoms with van der Waals surface area (Å²) < 4.78 is 5.01.